The number of nitrogens with zero attached hydrogens (tertiary/aromatic N) is 1. The molecule has 0 bridgehead atoms. The number of unbranched alkanes of at least 4 members (excludes halogenated alkanes) is 11. The Morgan fingerprint density at radius 3 is 1.86 bits per heavy atom. The molecule has 9 heteroatoms. The molecule has 0 saturated carbocycles. The minimum atomic E-state index is -3.94. The maximum absolute atomic E-state index is 11.0. The lowest BCUT2D eigenvalue weighted by Crippen LogP contribution is -2.44. The van der Waals surface area contributed by atoms with Gasteiger partial charge in [-0.2, -0.15) is 0 Å². The molecule has 0 aromatic heterocycles. The summed E-state index contributed by atoms with van der Waals surface area (Å²) in [5, 5.41) is 10.2. The minimum Gasteiger partial charge on any atom is -0.387 e. The molecule has 0 aliphatic heterocycles. The second kappa shape index (κ2) is 18.2. The number of allylic oxidation sites excluding steroid dienone is 1. The van der Waals surface area contributed by atoms with Crippen LogP contribution in [0.25, 0.3) is 0 Å². The summed E-state index contributed by atoms with van der Waals surface area (Å²) in [4.78, 5) is 40.9. The molecule has 0 heterocycles. The Balaban J connectivity index is 4.01. The van der Waals surface area contributed by atoms with Gasteiger partial charge in [-0.1, -0.05) is 83.3 Å². The van der Waals surface area contributed by atoms with Crippen LogP contribution in [-0.2, 0) is 25.9 Å². The first-order valence-electron chi connectivity index (χ1n) is 10.6. The van der Waals surface area contributed by atoms with Crippen LogP contribution >= 0.6 is 6.72 Å². The van der Waals surface area contributed by atoms with Crippen molar-refractivity contribution in [3.05, 3.63) is 12.2 Å². The summed E-state index contributed by atoms with van der Waals surface area (Å²) >= 11 is 4.35. The Labute approximate surface area is 180 Å². The predicted molar refractivity (Wildman–Crippen MR) is 119 cm³/mol. The van der Waals surface area contributed by atoms with E-state index in [4.69, 9.17) is 14.3 Å². The van der Waals surface area contributed by atoms with Crippen LogP contribution < -0.4 is 0 Å². The van der Waals surface area contributed by atoms with Gasteiger partial charge in [0.05, 0.1) is 18.8 Å². The monoisotopic (exact) mass is 451 g/mol. The Hall–Kier alpha value is -0.630. The number of hydrogen-bond donors (Lipinski definition) is 3. The molecule has 3 N–H and O–H groups in total. The largest absolute Gasteiger partial charge is 0.387 e. The second-order valence-electron chi connectivity index (χ2n) is 7.25. The molecule has 29 heavy (non-hydrogen) atoms. The van der Waals surface area contributed by atoms with Gasteiger partial charge in [0, 0.05) is 0 Å². The molecule has 0 unspecified atom stereocenters. The quantitative estimate of drug-likeness (QED) is 0.112. The number of aliphatic hydroxyl groups excluding tert-OH is 1. The molecule has 0 rings (SSSR count). The predicted octanol–water partition coefficient (Wildman–Crippen LogP) is 3.81. The average molecular weight is 452 g/mol. The van der Waals surface area contributed by atoms with Gasteiger partial charge in [-0.25, -0.2) is 0 Å². The highest BCUT2D eigenvalue weighted by Gasteiger charge is 2.26. The number of carbonyl (C=O) groups is 2. The van der Waals surface area contributed by atoms with Gasteiger partial charge in [0.25, 0.3) is 0 Å². The van der Waals surface area contributed by atoms with Gasteiger partial charge in [0.1, 0.15) is 0 Å². The van der Waals surface area contributed by atoms with E-state index in [1.807, 2.05) is 0 Å². The van der Waals surface area contributed by atoms with Crippen LogP contribution in [0.2, 0.25) is 0 Å². The van der Waals surface area contributed by atoms with Gasteiger partial charge in [-0.15, -0.1) is 0 Å². The topological polar surface area (TPSA) is 107 Å². The number of imide groups is 1. The third kappa shape index (κ3) is 16.8. The van der Waals surface area contributed by atoms with Crippen molar-refractivity contribution in [2.45, 2.75) is 96.1 Å². The minimum absolute atomic E-state index is 0.250. The lowest BCUT2D eigenvalue weighted by Gasteiger charge is -2.26. The SMILES string of the molecule is CCCCCCCCCCCCCC=C[C@@H](O)[C@H](COP(O)(O)=S)N(C=O)C=O. The Morgan fingerprint density at radius 1 is 0.931 bits per heavy atom. The van der Waals surface area contributed by atoms with Crippen LogP contribution in [0.5, 0.6) is 0 Å². The molecule has 0 saturated heterocycles. The molecule has 2 atom stereocenters. The summed E-state index contributed by atoms with van der Waals surface area (Å²) in [6.45, 7) is -2.16. The number of rotatable bonds is 20. The molecular weight excluding hydrogens is 413 g/mol. The van der Waals surface area contributed by atoms with Crippen molar-refractivity contribution >= 4 is 31.3 Å². The van der Waals surface area contributed by atoms with E-state index in [0.717, 1.165) is 19.3 Å². The van der Waals surface area contributed by atoms with Gasteiger partial charge >= 0.3 is 6.72 Å². The highest BCUT2D eigenvalue weighted by molar-refractivity contribution is 8.06. The summed E-state index contributed by atoms with van der Waals surface area (Å²) in [6.07, 6.45) is 17.2. The fourth-order valence-electron chi connectivity index (χ4n) is 3.01. The first-order valence-corrected chi connectivity index (χ1v) is 13.2. The van der Waals surface area contributed by atoms with Crippen molar-refractivity contribution in [1.29, 1.82) is 0 Å². The van der Waals surface area contributed by atoms with Crippen LogP contribution in [0.15, 0.2) is 12.2 Å². The van der Waals surface area contributed by atoms with Crippen LogP contribution in [-0.4, -0.2) is 51.4 Å². The van der Waals surface area contributed by atoms with E-state index >= 15 is 0 Å². The van der Waals surface area contributed by atoms with Crippen molar-refractivity contribution in [3.63, 3.8) is 0 Å². The smallest absolute Gasteiger partial charge is 0.321 e. The average Bonchev–Trinajstić information content (AvgIpc) is 2.67. The molecule has 170 valence electrons. The van der Waals surface area contributed by atoms with E-state index < -0.39 is 25.5 Å². The number of aliphatic hydroxyl groups is 1. The zero-order chi connectivity index (χ0) is 22.0. The summed E-state index contributed by atoms with van der Waals surface area (Å²) in [5.74, 6) is 0. The van der Waals surface area contributed by atoms with Crippen LogP contribution in [0.3, 0.4) is 0 Å². The lowest BCUT2D eigenvalue weighted by atomic mass is 10.0. The Kier molecular flexibility index (Phi) is 17.8. The maximum Gasteiger partial charge on any atom is 0.321 e. The van der Waals surface area contributed by atoms with Gasteiger partial charge in [-0.3, -0.25) is 14.5 Å². The van der Waals surface area contributed by atoms with Gasteiger partial charge < -0.3 is 19.4 Å². The summed E-state index contributed by atoms with van der Waals surface area (Å²) in [6, 6.07) is -1.07. The first kappa shape index (κ1) is 28.4. The van der Waals surface area contributed by atoms with Crippen molar-refractivity contribution in [2.75, 3.05) is 6.61 Å². The van der Waals surface area contributed by atoms with Crippen molar-refractivity contribution in [2.24, 2.45) is 0 Å². The zero-order valence-electron chi connectivity index (χ0n) is 17.5. The van der Waals surface area contributed by atoms with E-state index in [1.54, 1.807) is 6.08 Å². The lowest BCUT2D eigenvalue weighted by molar-refractivity contribution is -0.134. The van der Waals surface area contributed by atoms with Crippen LogP contribution in [0, 0.1) is 0 Å². The molecule has 0 fully saturated rings. The molecule has 0 aliphatic carbocycles. The normalized spacial score (nSPS) is 14.1. The summed E-state index contributed by atoms with van der Waals surface area (Å²) in [5.41, 5.74) is 0. The van der Waals surface area contributed by atoms with Crippen LogP contribution in [0.4, 0.5) is 0 Å². The van der Waals surface area contributed by atoms with E-state index in [2.05, 4.69) is 18.7 Å². The van der Waals surface area contributed by atoms with Gasteiger partial charge in [0.15, 0.2) is 0 Å². The maximum atomic E-state index is 11.0. The molecule has 0 aliphatic rings. The Morgan fingerprint density at radius 2 is 1.41 bits per heavy atom. The van der Waals surface area contributed by atoms with E-state index in [1.165, 1.54) is 63.9 Å². The molecule has 0 aromatic carbocycles. The third-order valence-electron chi connectivity index (χ3n) is 4.74. The number of amides is 2. The Bertz CT molecular complexity index is 491. The molecule has 7 nitrogen and oxygen atoms in total. The van der Waals surface area contributed by atoms with E-state index in [0.29, 0.717) is 4.90 Å². The molecule has 2 amide bonds. The van der Waals surface area contributed by atoms with Gasteiger partial charge in [0.2, 0.25) is 12.8 Å². The van der Waals surface area contributed by atoms with Crippen molar-refractivity contribution < 1.29 is 29.0 Å². The van der Waals surface area contributed by atoms with E-state index in [-0.39, 0.29) is 12.8 Å². The fourth-order valence-corrected chi connectivity index (χ4v) is 3.54. The molecule has 0 radical (unpaired) electrons. The van der Waals surface area contributed by atoms with Gasteiger partial charge in [-0.05, 0) is 24.6 Å². The first-order chi connectivity index (χ1) is 13.9. The zero-order valence-corrected chi connectivity index (χ0v) is 19.2. The number of hydrogen-bond acceptors (Lipinski definition) is 5. The van der Waals surface area contributed by atoms with Crippen molar-refractivity contribution in [3.8, 4) is 0 Å². The third-order valence-corrected chi connectivity index (χ3v) is 5.54. The summed E-state index contributed by atoms with van der Waals surface area (Å²) in [7, 11) is 0. The highest BCUT2D eigenvalue weighted by atomic mass is 32.5. The summed E-state index contributed by atoms with van der Waals surface area (Å²) < 4.78 is 4.70. The molecule has 0 spiro atoms. The standard InChI is InChI=1S/C20H38NO6PS/c1-2-3-4-5-6-7-8-9-10-11-12-13-14-15-20(24)19(21(17-22)18-23)16-27-28(25,26)29/h14-15,17-20,24H,2-13,16H2,1H3,(H2,25,26,29)/t19-,20+/m0/s1. The second-order valence-corrected chi connectivity index (χ2v) is 9.92. The molecule has 0 aromatic rings. The molecular formula is C20H38NO6PS. The highest BCUT2D eigenvalue weighted by Crippen LogP contribution is 2.36. The number of carbonyl (C=O) groups excluding carboxylic acids is 2. The van der Waals surface area contributed by atoms with Crippen LogP contribution in [0.1, 0.15) is 84.0 Å². The fraction of sp³-hybridized carbons (Fsp3) is 0.800. The van der Waals surface area contributed by atoms with Crippen molar-refractivity contribution in [1.82, 2.24) is 4.90 Å². The van der Waals surface area contributed by atoms with E-state index in [9.17, 15) is 14.7 Å².